The number of aromatic nitrogens is 3. The second-order valence-electron chi connectivity index (χ2n) is 7.40. The molecular formula is C23H26N4O3. The molecule has 156 valence electrons. The van der Waals surface area contributed by atoms with Gasteiger partial charge in [-0.05, 0) is 54.7 Å². The third-order valence-electron chi connectivity index (χ3n) is 5.62. The summed E-state index contributed by atoms with van der Waals surface area (Å²) in [7, 11) is 3.20. The van der Waals surface area contributed by atoms with E-state index < -0.39 is 0 Å². The molecular weight excluding hydrogens is 380 g/mol. The maximum Gasteiger partial charge on any atom is 0.227 e. The van der Waals surface area contributed by atoms with Crippen LogP contribution >= 0.6 is 0 Å². The Bertz CT molecular complexity index is 1000. The molecule has 1 fully saturated rings. The van der Waals surface area contributed by atoms with Gasteiger partial charge in [-0.3, -0.25) is 14.9 Å². The van der Waals surface area contributed by atoms with Crippen molar-refractivity contribution in [1.29, 1.82) is 0 Å². The predicted molar refractivity (Wildman–Crippen MR) is 113 cm³/mol. The average Bonchev–Trinajstić information content (AvgIpc) is 3.29. The van der Waals surface area contributed by atoms with E-state index in [1.165, 1.54) is 0 Å². The molecule has 1 N–H and O–H groups in total. The number of benzene rings is 1. The number of amides is 1. The summed E-state index contributed by atoms with van der Waals surface area (Å²) in [6.07, 6.45) is 8.69. The lowest BCUT2D eigenvalue weighted by Crippen LogP contribution is -2.39. The first-order valence-electron chi connectivity index (χ1n) is 10.1. The van der Waals surface area contributed by atoms with Crippen molar-refractivity contribution >= 4 is 5.91 Å². The first-order valence-corrected chi connectivity index (χ1v) is 10.1. The molecule has 0 radical (unpaired) electrons. The number of pyridine rings is 1. The molecule has 0 spiro atoms. The SMILES string of the molecule is COc1ccc(CC(=O)N2CCCCC2c2[nH]ncc2-c2ccncc2)cc1OC. The van der Waals surface area contributed by atoms with Crippen LogP contribution in [0.2, 0.25) is 0 Å². The smallest absolute Gasteiger partial charge is 0.227 e. The van der Waals surface area contributed by atoms with Gasteiger partial charge in [-0.2, -0.15) is 5.10 Å². The number of ether oxygens (including phenoxy) is 2. The zero-order valence-corrected chi connectivity index (χ0v) is 17.3. The van der Waals surface area contributed by atoms with Crippen LogP contribution in [0.1, 0.15) is 36.6 Å². The topological polar surface area (TPSA) is 80.3 Å². The third kappa shape index (κ3) is 4.01. The quantitative estimate of drug-likeness (QED) is 0.674. The lowest BCUT2D eigenvalue weighted by atomic mass is 9.94. The largest absolute Gasteiger partial charge is 0.493 e. The summed E-state index contributed by atoms with van der Waals surface area (Å²) >= 11 is 0. The fourth-order valence-electron chi connectivity index (χ4n) is 4.11. The van der Waals surface area contributed by atoms with Crippen LogP contribution in [0.25, 0.3) is 11.1 Å². The summed E-state index contributed by atoms with van der Waals surface area (Å²) in [6, 6.07) is 9.54. The highest BCUT2D eigenvalue weighted by Gasteiger charge is 2.31. The Hall–Kier alpha value is -3.35. The fraction of sp³-hybridized carbons (Fsp3) is 0.348. The van der Waals surface area contributed by atoms with Crippen LogP contribution in [0.4, 0.5) is 0 Å². The van der Waals surface area contributed by atoms with Gasteiger partial charge in [0.15, 0.2) is 11.5 Å². The highest BCUT2D eigenvalue weighted by molar-refractivity contribution is 5.80. The predicted octanol–water partition coefficient (Wildman–Crippen LogP) is 3.79. The molecule has 2 aromatic heterocycles. The van der Waals surface area contributed by atoms with Crippen LogP contribution in [-0.2, 0) is 11.2 Å². The maximum atomic E-state index is 13.3. The fourth-order valence-corrected chi connectivity index (χ4v) is 4.11. The van der Waals surface area contributed by atoms with E-state index in [2.05, 4.69) is 15.2 Å². The van der Waals surface area contributed by atoms with Gasteiger partial charge in [-0.25, -0.2) is 0 Å². The molecule has 7 nitrogen and oxygen atoms in total. The molecule has 1 aliphatic rings. The second kappa shape index (κ2) is 8.98. The minimum atomic E-state index is -0.0166. The summed E-state index contributed by atoms with van der Waals surface area (Å²) in [6.45, 7) is 0.742. The van der Waals surface area contributed by atoms with Crippen LogP contribution in [0.5, 0.6) is 11.5 Å². The number of carbonyl (C=O) groups is 1. The maximum absolute atomic E-state index is 13.3. The van der Waals surface area contributed by atoms with Crippen molar-refractivity contribution in [3.8, 4) is 22.6 Å². The minimum absolute atomic E-state index is 0.0166. The van der Waals surface area contributed by atoms with Crippen LogP contribution in [-0.4, -0.2) is 46.8 Å². The van der Waals surface area contributed by atoms with Gasteiger partial charge in [-0.15, -0.1) is 0 Å². The number of H-pyrrole nitrogens is 1. The van der Waals surface area contributed by atoms with Gasteiger partial charge in [0.2, 0.25) is 5.91 Å². The number of nitrogens with one attached hydrogen (secondary N) is 1. The summed E-state index contributed by atoms with van der Waals surface area (Å²) in [5.74, 6) is 1.39. The van der Waals surface area contributed by atoms with Crippen LogP contribution in [0.3, 0.4) is 0 Å². The Labute approximate surface area is 176 Å². The van der Waals surface area contributed by atoms with Crippen LogP contribution in [0.15, 0.2) is 48.9 Å². The molecule has 0 aliphatic carbocycles. The molecule has 7 heteroatoms. The molecule has 1 aromatic carbocycles. The number of methoxy groups -OCH3 is 2. The summed E-state index contributed by atoms with van der Waals surface area (Å²) in [4.78, 5) is 19.4. The zero-order valence-electron chi connectivity index (χ0n) is 17.3. The molecule has 3 heterocycles. The van der Waals surface area contributed by atoms with E-state index in [9.17, 15) is 4.79 Å². The molecule has 30 heavy (non-hydrogen) atoms. The summed E-state index contributed by atoms with van der Waals surface area (Å²) in [5, 5.41) is 7.43. The zero-order chi connectivity index (χ0) is 20.9. The van der Waals surface area contributed by atoms with E-state index in [1.54, 1.807) is 26.6 Å². The number of aromatic amines is 1. The van der Waals surface area contributed by atoms with Gasteiger partial charge in [0.05, 0.1) is 38.6 Å². The van der Waals surface area contributed by atoms with Gasteiger partial charge < -0.3 is 14.4 Å². The van der Waals surface area contributed by atoms with E-state index in [-0.39, 0.29) is 11.9 Å². The first kappa shape index (κ1) is 19.9. The number of hydrogen-bond donors (Lipinski definition) is 1. The Morgan fingerprint density at radius 2 is 1.93 bits per heavy atom. The summed E-state index contributed by atoms with van der Waals surface area (Å²) in [5.41, 5.74) is 3.96. The molecule has 1 aliphatic heterocycles. The molecule has 3 aromatic rings. The van der Waals surface area contributed by atoms with Crippen molar-refractivity contribution < 1.29 is 14.3 Å². The normalized spacial score (nSPS) is 16.3. The number of nitrogens with zero attached hydrogens (tertiary/aromatic N) is 3. The van der Waals surface area contributed by atoms with Crippen molar-refractivity contribution in [2.24, 2.45) is 0 Å². The summed E-state index contributed by atoms with van der Waals surface area (Å²) < 4.78 is 10.7. The second-order valence-corrected chi connectivity index (χ2v) is 7.40. The van der Waals surface area contributed by atoms with Crippen LogP contribution in [0, 0.1) is 0 Å². The highest BCUT2D eigenvalue weighted by atomic mass is 16.5. The van der Waals surface area contributed by atoms with E-state index in [1.807, 2.05) is 41.4 Å². The van der Waals surface area contributed by atoms with E-state index >= 15 is 0 Å². The number of hydrogen-bond acceptors (Lipinski definition) is 5. The highest BCUT2D eigenvalue weighted by Crippen LogP contribution is 2.36. The van der Waals surface area contributed by atoms with Gasteiger partial charge in [0.25, 0.3) is 0 Å². The Morgan fingerprint density at radius 1 is 1.13 bits per heavy atom. The molecule has 1 atom stereocenters. The third-order valence-corrected chi connectivity index (χ3v) is 5.62. The molecule has 1 amide bonds. The van der Waals surface area contributed by atoms with Crippen molar-refractivity contribution in [3.05, 3.63) is 60.2 Å². The number of piperidine rings is 1. The van der Waals surface area contributed by atoms with Gasteiger partial charge in [-0.1, -0.05) is 6.07 Å². The van der Waals surface area contributed by atoms with Gasteiger partial charge >= 0.3 is 0 Å². The molecule has 1 saturated heterocycles. The monoisotopic (exact) mass is 406 g/mol. The van der Waals surface area contributed by atoms with Crippen molar-refractivity contribution in [2.45, 2.75) is 31.7 Å². The Balaban J connectivity index is 1.58. The van der Waals surface area contributed by atoms with Crippen LogP contribution < -0.4 is 9.47 Å². The Morgan fingerprint density at radius 3 is 2.70 bits per heavy atom. The number of rotatable bonds is 6. The lowest BCUT2D eigenvalue weighted by Gasteiger charge is -2.36. The number of likely N-dealkylation sites (tertiary alicyclic amines) is 1. The minimum Gasteiger partial charge on any atom is -0.493 e. The molecule has 0 bridgehead atoms. The van der Waals surface area contributed by atoms with Gasteiger partial charge in [0.1, 0.15) is 0 Å². The van der Waals surface area contributed by atoms with E-state index in [0.29, 0.717) is 17.9 Å². The van der Waals surface area contributed by atoms with Crippen molar-refractivity contribution in [1.82, 2.24) is 20.1 Å². The van der Waals surface area contributed by atoms with E-state index in [0.717, 1.165) is 48.2 Å². The standard InChI is InChI=1S/C23H26N4O3/c1-29-20-7-6-16(13-21(20)30-2)14-22(28)27-12-4-3-5-19(27)23-18(15-25-26-23)17-8-10-24-11-9-17/h6-11,13,15,19H,3-5,12,14H2,1-2H3,(H,25,26). The van der Waals surface area contributed by atoms with Crippen molar-refractivity contribution in [3.63, 3.8) is 0 Å². The average molecular weight is 406 g/mol. The van der Waals surface area contributed by atoms with Crippen molar-refractivity contribution in [2.75, 3.05) is 20.8 Å². The number of carbonyl (C=O) groups excluding carboxylic acids is 1. The Kier molecular flexibility index (Phi) is 5.97. The first-order chi connectivity index (χ1) is 14.7. The molecule has 4 rings (SSSR count). The molecule has 0 saturated carbocycles. The molecule has 1 unspecified atom stereocenters. The van der Waals surface area contributed by atoms with Gasteiger partial charge in [0, 0.05) is 24.5 Å². The lowest BCUT2D eigenvalue weighted by molar-refractivity contribution is -0.134. The van der Waals surface area contributed by atoms with E-state index in [4.69, 9.17) is 9.47 Å².